The van der Waals surface area contributed by atoms with Crippen LogP contribution in [-0.2, 0) is 22.4 Å². The van der Waals surface area contributed by atoms with Crippen molar-refractivity contribution in [2.24, 2.45) is 11.8 Å². The van der Waals surface area contributed by atoms with E-state index in [1.165, 1.54) is 0 Å². The molecule has 1 atom stereocenters. The van der Waals surface area contributed by atoms with Crippen molar-refractivity contribution in [2.45, 2.75) is 71.3 Å². The first-order valence-electron chi connectivity index (χ1n) is 11.6. The number of benzene rings is 1. The first-order valence-corrected chi connectivity index (χ1v) is 11.6. The molecular formula is C25H31NO6. The highest BCUT2D eigenvalue weighted by Gasteiger charge is 2.27. The van der Waals surface area contributed by atoms with E-state index in [2.05, 4.69) is 5.32 Å². The first-order chi connectivity index (χ1) is 15.3. The van der Waals surface area contributed by atoms with Gasteiger partial charge in [-0.3, -0.25) is 9.59 Å². The van der Waals surface area contributed by atoms with E-state index in [1.807, 2.05) is 19.1 Å². The Morgan fingerprint density at radius 2 is 1.84 bits per heavy atom. The molecule has 32 heavy (non-hydrogen) atoms. The van der Waals surface area contributed by atoms with Crippen LogP contribution in [0, 0.1) is 18.8 Å². The molecule has 1 amide bonds. The molecule has 2 aliphatic rings. The molecule has 2 aliphatic carbocycles. The number of hydrogen-bond donors (Lipinski definition) is 2. The van der Waals surface area contributed by atoms with Crippen LogP contribution in [0.5, 0.6) is 5.75 Å². The summed E-state index contributed by atoms with van der Waals surface area (Å²) in [5.74, 6) is -0.371. The highest BCUT2D eigenvalue weighted by Crippen LogP contribution is 2.33. The molecule has 1 heterocycles. The van der Waals surface area contributed by atoms with Gasteiger partial charge in [0.2, 0.25) is 0 Å². The van der Waals surface area contributed by atoms with Crippen LogP contribution >= 0.6 is 0 Å². The Kier molecular flexibility index (Phi) is 6.53. The zero-order chi connectivity index (χ0) is 22.8. The van der Waals surface area contributed by atoms with E-state index in [9.17, 15) is 14.4 Å². The average molecular weight is 442 g/mol. The Bertz CT molecular complexity index is 1080. The fourth-order valence-electron chi connectivity index (χ4n) is 5.00. The average Bonchev–Trinajstić information content (AvgIpc) is 2.80. The molecule has 0 radical (unpaired) electrons. The van der Waals surface area contributed by atoms with E-state index in [1.54, 1.807) is 6.92 Å². The molecule has 1 aromatic carbocycles. The predicted octanol–water partition coefficient (Wildman–Crippen LogP) is 3.75. The fraction of sp³-hybridized carbons (Fsp3) is 0.560. The standard InChI is InChI=1S/C25H31NO6/c1-14-21(12-11-19-18-5-3-4-6-20(18)25(30)32-22(14)19)31-15(2)23(27)26-13-16-7-9-17(10-8-16)24(28)29/h11-12,15-17H,3-10,13H2,1-2H3,(H,26,27)(H,28,29). The normalized spacial score (nSPS) is 21.6. The maximum absolute atomic E-state index is 12.6. The molecule has 0 spiro atoms. The number of fused-ring (bicyclic) bond motifs is 3. The van der Waals surface area contributed by atoms with Crippen LogP contribution in [0.1, 0.15) is 62.1 Å². The molecule has 7 nitrogen and oxygen atoms in total. The van der Waals surface area contributed by atoms with Gasteiger partial charge in [-0.05, 0) is 88.8 Å². The van der Waals surface area contributed by atoms with Gasteiger partial charge in [0, 0.05) is 23.1 Å². The second-order valence-corrected chi connectivity index (χ2v) is 9.18. The predicted molar refractivity (Wildman–Crippen MR) is 120 cm³/mol. The Labute approximate surface area is 187 Å². The third-order valence-corrected chi connectivity index (χ3v) is 7.02. The van der Waals surface area contributed by atoms with Crippen molar-refractivity contribution in [3.05, 3.63) is 39.2 Å². The molecule has 1 fully saturated rings. The quantitative estimate of drug-likeness (QED) is 0.662. The van der Waals surface area contributed by atoms with Gasteiger partial charge in [-0.25, -0.2) is 4.79 Å². The molecule has 172 valence electrons. The Morgan fingerprint density at radius 3 is 2.53 bits per heavy atom. The van der Waals surface area contributed by atoms with Crippen LogP contribution in [0.2, 0.25) is 0 Å². The molecule has 4 rings (SSSR count). The Hall–Kier alpha value is -2.83. The van der Waals surface area contributed by atoms with Crippen molar-refractivity contribution in [2.75, 3.05) is 6.54 Å². The molecule has 1 aromatic heterocycles. The number of carboxylic acids is 1. The van der Waals surface area contributed by atoms with Gasteiger partial charge < -0.3 is 19.6 Å². The van der Waals surface area contributed by atoms with Crippen molar-refractivity contribution in [3.63, 3.8) is 0 Å². The van der Waals surface area contributed by atoms with Gasteiger partial charge in [0.25, 0.3) is 5.91 Å². The van der Waals surface area contributed by atoms with Crippen molar-refractivity contribution in [1.29, 1.82) is 0 Å². The number of carbonyl (C=O) groups is 2. The zero-order valence-corrected chi connectivity index (χ0v) is 18.7. The maximum atomic E-state index is 12.6. The lowest BCUT2D eigenvalue weighted by molar-refractivity contribution is -0.143. The van der Waals surface area contributed by atoms with Crippen LogP contribution in [-0.4, -0.2) is 29.6 Å². The minimum absolute atomic E-state index is 0.211. The summed E-state index contributed by atoms with van der Waals surface area (Å²) in [5.41, 5.74) is 2.87. The lowest BCUT2D eigenvalue weighted by atomic mass is 9.82. The second kappa shape index (κ2) is 9.35. The van der Waals surface area contributed by atoms with Gasteiger partial charge >= 0.3 is 11.6 Å². The van der Waals surface area contributed by atoms with Crippen molar-refractivity contribution < 1.29 is 23.8 Å². The number of carbonyl (C=O) groups excluding carboxylic acids is 1. The van der Waals surface area contributed by atoms with Gasteiger partial charge in [-0.15, -0.1) is 0 Å². The van der Waals surface area contributed by atoms with Crippen LogP contribution in [0.3, 0.4) is 0 Å². The largest absolute Gasteiger partial charge is 0.481 e. The van der Waals surface area contributed by atoms with Crippen molar-refractivity contribution in [3.8, 4) is 5.75 Å². The highest BCUT2D eigenvalue weighted by atomic mass is 16.5. The maximum Gasteiger partial charge on any atom is 0.339 e. The number of aryl methyl sites for hydroxylation is 2. The van der Waals surface area contributed by atoms with Crippen LogP contribution in [0.25, 0.3) is 11.0 Å². The number of aliphatic carboxylic acids is 1. The number of ether oxygens (including phenoxy) is 1. The van der Waals surface area contributed by atoms with Gasteiger partial charge in [0.15, 0.2) is 6.10 Å². The number of carboxylic acid groups (broad SMARTS) is 1. The molecule has 7 heteroatoms. The third-order valence-electron chi connectivity index (χ3n) is 7.02. The lowest BCUT2D eigenvalue weighted by Crippen LogP contribution is -2.39. The van der Waals surface area contributed by atoms with Crippen LogP contribution in [0.15, 0.2) is 21.3 Å². The van der Waals surface area contributed by atoms with Crippen molar-refractivity contribution >= 4 is 22.8 Å². The summed E-state index contributed by atoms with van der Waals surface area (Å²) in [5, 5.41) is 13.0. The minimum Gasteiger partial charge on any atom is -0.481 e. The van der Waals surface area contributed by atoms with Crippen molar-refractivity contribution in [1.82, 2.24) is 5.32 Å². The first kappa shape index (κ1) is 22.4. The summed E-state index contributed by atoms with van der Waals surface area (Å²) in [7, 11) is 0. The molecule has 0 bridgehead atoms. The number of nitrogens with one attached hydrogen (secondary N) is 1. The molecule has 1 saturated carbocycles. The molecule has 1 unspecified atom stereocenters. The molecule has 2 N–H and O–H groups in total. The number of amides is 1. The summed E-state index contributed by atoms with van der Waals surface area (Å²) >= 11 is 0. The van der Waals surface area contributed by atoms with Crippen LogP contribution < -0.4 is 15.7 Å². The van der Waals surface area contributed by atoms with E-state index in [-0.39, 0.29) is 17.5 Å². The van der Waals surface area contributed by atoms with Gasteiger partial charge in [0.05, 0.1) is 5.92 Å². The third kappa shape index (κ3) is 4.52. The van der Waals surface area contributed by atoms with Gasteiger partial charge in [-0.1, -0.05) is 0 Å². The number of rotatable bonds is 6. The van der Waals surface area contributed by atoms with E-state index in [0.717, 1.165) is 60.6 Å². The van der Waals surface area contributed by atoms with E-state index >= 15 is 0 Å². The van der Waals surface area contributed by atoms with E-state index < -0.39 is 12.1 Å². The summed E-state index contributed by atoms with van der Waals surface area (Å²) in [6.45, 7) is 4.07. The monoisotopic (exact) mass is 441 g/mol. The highest BCUT2D eigenvalue weighted by molar-refractivity contribution is 5.86. The SMILES string of the molecule is Cc1c(OC(C)C(=O)NCC2CCC(C(=O)O)CC2)ccc2c3c(c(=O)oc12)CCCC3. The topological polar surface area (TPSA) is 106 Å². The van der Waals surface area contributed by atoms with E-state index in [4.69, 9.17) is 14.3 Å². The summed E-state index contributed by atoms with van der Waals surface area (Å²) < 4.78 is 11.6. The van der Waals surface area contributed by atoms with E-state index in [0.29, 0.717) is 36.6 Å². The molecule has 2 aromatic rings. The molecule has 0 aliphatic heterocycles. The van der Waals surface area contributed by atoms with Gasteiger partial charge in [0.1, 0.15) is 11.3 Å². The smallest absolute Gasteiger partial charge is 0.339 e. The minimum atomic E-state index is -0.725. The second-order valence-electron chi connectivity index (χ2n) is 9.18. The summed E-state index contributed by atoms with van der Waals surface area (Å²) in [6, 6.07) is 3.78. The lowest BCUT2D eigenvalue weighted by Gasteiger charge is -2.26. The van der Waals surface area contributed by atoms with Gasteiger partial charge in [-0.2, -0.15) is 0 Å². The summed E-state index contributed by atoms with van der Waals surface area (Å²) in [4.78, 5) is 36.1. The fourth-order valence-corrected chi connectivity index (χ4v) is 5.00. The zero-order valence-electron chi connectivity index (χ0n) is 18.7. The van der Waals surface area contributed by atoms with Crippen LogP contribution in [0.4, 0.5) is 0 Å². The molecular weight excluding hydrogens is 410 g/mol. The molecule has 0 saturated heterocycles. The number of hydrogen-bond acceptors (Lipinski definition) is 5. The Balaban J connectivity index is 1.40. The summed E-state index contributed by atoms with van der Waals surface area (Å²) in [6.07, 6.45) is 5.95. The Morgan fingerprint density at radius 1 is 1.16 bits per heavy atom.